The minimum absolute atomic E-state index is 0.0444. The van der Waals surface area contributed by atoms with Gasteiger partial charge < -0.3 is 9.84 Å². The molecule has 1 aromatic heterocycles. The molecule has 32 heavy (non-hydrogen) atoms. The normalized spacial score (nSPS) is 17.2. The van der Waals surface area contributed by atoms with Gasteiger partial charge in [-0.3, -0.25) is 9.69 Å². The molecule has 11 heteroatoms. The van der Waals surface area contributed by atoms with Crippen molar-refractivity contribution < 1.29 is 22.1 Å². The molecule has 3 aromatic rings. The third-order valence-corrected chi connectivity index (χ3v) is 6.10. The van der Waals surface area contributed by atoms with Crippen LogP contribution in [0.5, 0.6) is 0 Å². The molecule has 4 rings (SSSR count). The molecule has 2 heterocycles. The quantitative estimate of drug-likeness (QED) is 0.578. The minimum atomic E-state index is -3.85. The number of likely N-dealkylation sites (tertiary alicyclic amines) is 1. The first-order valence-electron chi connectivity index (χ1n) is 10.0. The second-order valence-electron chi connectivity index (χ2n) is 7.66. The zero-order valence-corrected chi connectivity index (χ0v) is 17.9. The summed E-state index contributed by atoms with van der Waals surface area (Å²) >= 11 is 0. The van der Waals surface area contributed by atoms with Gasteiger partial charge in [0.2, 0.25) is 27.6 Å². The van der Waals surface area contributed by atoms with Gasteiger partial charge in [-0.25, -0.2) is 17.9 Å². The lowest BCUT2D eigenvalue weighted by Crippen LogP contribution is -2.39. The number of sulfonamides is 1. The zero-order chi connectivity index (χ0) is 22.7. The van der Waals surface area contributed by atoms with Gasteiger partial charge in [-0.1, -0.05) is 23.4 Å². The number of nitrogens with one attached hydrogen (secondary N) is 1. The number of rotatable bonds is 6. The van der Waals surface area contributed by atoms with Crippen molar-refractivity contribution in [3.05, 3.63) is 60.2 Å². The Balaban J connectivity index is 1.38. The fourth-order valence-corrected chi connectivity index (χ4v) is 4.26. The highest BCUT2D eigenvalue weighted by Crippen LogP contribution is 2.27. The fraction of sp³-hybridized carbons (Fsp3) is 0.286. The number of hydrogen-bond donors (Lipinski definition) is 2. The minimum Gasteiger partial charge on any atom is -0.339 e. The molecule has 0 spiro atoms. The van der Waals surface area contributed by atoms with Crippen LogP contribution >= 0.6 is 0 Å². The second-order valence-corrected chi connectivity index (χ2v) is 9.22. The molecule has 0 saturated carbocycles. The highest BCUT2D eigenvalue weighted by molar-refractivity contribution is 7.89. The highest BCUT2D eigenvalue weighted by Gasteiger charge is 2.27. The van der Waals surface area contributed by atoms with E-state index in [9.17, 15) is 17.6 Å². The molecular weight excluding hydrogens is 437 g/mol. The van der Waals surface area contributed by atoms with Gasteiger partial charge in [0.05, 0.1) is 17.4 Å². The molecule has 1 unspecified atom stereocenters. The lowest BCUT2D eigenvalue weighted by Gasteiger charge is -2.30. The van der Waals surface area contributed by atoms with Crippen LogP contribution in [-0.4, -0.2) is 49.0 Å². The molecular formula is C21H22FN5O4S. The van der Waals surface area contributed by atoms with Gasteiger partial charge in [0, 0.05) is 17.8 Å². The van der Waals surface area contributed by atoms with Crippen LogP contribution in [0.4, 0.5) is 10.1 Å². The first-order valence-corrected chi connectivity index (χ1v) is 11.6. The Bertz CT molecular complexity index is 1230. The van der Waals surface area contributed by atoms with E-state index in [1.807, 2.05) is 4.90 Å². The van der Waals surface area contributed by atoms with Crippen LogP contribution in [0, 0.1) is 5.82 Å². The van der Waals surface area contributed by atoms with Gasteiger partial charge in [0.25, 0.3) is 0 Å². The van der Waals surface area contributed by atoms with Crippen molar-refractivity contribution in [3.63, 3.8) is 0 Å². The number of piperidine rings is 1. The Kier molecular flexibility index (Phi) is 6.31. The van der Waals surface area contributed by atoms with E-state index in [0.29, 0.717) is 29.5 Å². The van der Waals surface area contributed by atoms with Gasteiger partial charge in [-0.15, -0.1) is 0 Å². The van der Waals surface area contributed by atoms with Crippen LogP contribution in [0.2, 0.25) is 0 Å². The van der Waals surface area contributed by atoms with Crippen LogP contribution in [0.15, 0.2) is 57.9 Å². The highest BCUT2D eigenvalue weighted by atomic mass is 32.2. The third-order valence-electron chi connectivity index (χ3n) is 5.19. The SMILES string of the molecule is NS(=O)(=O)c1cccc(NC(=O)CN2CCCC(c3nc(-c4cccc(F)c4)no3)C2)c1. The number of halogens is 1. The number of anilines is 1. The maximum atomic E-state index is 13.5. The van der Waals surface area contributed by atoms with Crippen molar-refractivity contribution in [2.75, 3.05) is 25.0 Å². The van der Waals surface area contributed by atoms with Crippen molar-refractivity contribution in [3.8, 4) is 11.4 Å². The molecule has 1 aliphatic rings. The van der Waals surface area contributed by atoms with Gasteiger partial charge in [-0.05, 0) is 49.7 Å². The lowest BCUT2D eigenvalue weighted by molar-refractivity contribution is -0.117. The molecule has 1 aliphatic heterocycles. The van der Waals surface area contributed by atoms with E-state index in [1.165, 1.54) is 30.3 Å². The van der Waals surface area contributed by atoms with Gasteiger partial charge in [-0.2, -0.15) is 4.98 Å². The van der Waals surface area contributed by atoms with E-state index in [1.54, 1.807) is 18.2 Å². The molecule has 0 aliphatic carbocycles. The summed E-state index contributed by atoms with van der Waals surface area (Å²) in [6, 6.07) is 11.8. The van der Waals surface area contributed by atoms with Crippen LogP contribution in [0.3, 0.4) is 0 Å². The van der Waals surface area contributed by atoms with Crippen LogP contribution in [0.25, 0.3) is 11.4 Å². The molecule has 9 nitrogen and oxygen atoms in total. The lowest BCUT2D eigenvalue weighted by atomic mass is 9.98. The smallest absolute Gasteiger partial charge is 0.238 e. The number of aromatic nitrogens is 2. The van der Waals surface area contributed by atoms with E-state index < -0.39 is 10.0 Å². The Morgan fingerprint density at radius 1 is 1.25 bits per heavy atom. The number of carbonyl (C=O) groups is 1. The second kappa shape index (κ2) is 9.15. The number of carbonyl (C=O) groups excluding carboxylic acids is 1. The van der Waals surface area contributed by atoms with Crippen molar-refractivity contribution >= 4 is 21.6 Å². The Morgan fingerprint density at radius 3 is 2.84 bits per heavy atom. The van der Waals surface area contributed by atoms with Crippen molar-refractivity contribution in [2.24, 2.45) is 5.14 Å². The summed E-state index contributed by atoms with van der Waals surface area (Å²) in [6.45, 7) is 1.41. The molecule has 1 fully saturated rings. The van der Waals surface area contributed by atoms with Crippen molar-refractivity contribution in [2.45, 2.75) is 23.7 Å². The molecule has 1 amide bonds. The number of primary sulfonamides is 1. The Morgan fingerprint density at radius 2 is 2.06 bits per heavy atom. The van der Waals surface area contributed by atoms with E-state index in [-0.39, 0.29) is 29.1 Å². The topological polar surface area (TPSA) is 131 Å². The number of nitrogens with zero attached hydrogens (tertiary/aromatic N) is 3. The number of amides is 1. The summed E-state index contributed by atoms with van der Waals surface area (Å²) in [5.74, 6) is 0.0814. The number of benzene rings is 2. The standard InChI is InChI=1S/C21H22FN5O4S/c22-16-6-1-4-14(10-16)20-25-21(31-26-20)15-5-3-9-27(12-15)13-19(28)24-17-7-2-8-18(11-17)32(23,29)30/h1-2,4,6-8,10-11,15H,3,5,9,12-13H2,(H,24,28)(H2,23,29,30). The summed E-state index contributed by atoms with van der Waals surface area (Å²) in [5.41, 5.74) is 0.889. The van der Waals surface area contributed by atoms with Gasteiger partial charge >= 0.3 is 0 Å². The number of hydrogen-bond acceptors (Lipinski definition) is 7. The predicted octanol–water partition coefficient (Wildman–Crippen LogP) is 2.34. The van der Waals surface area contributed by atoms with E-state index >= 15 is 0 Å². The summed E-state index contributed by atoms with van der Waals surface area (Å²) < 4.78 is 41.8. The van der Waals surface area contributed by atoms with Crippen molar-refractivity contribution in [1.82, 2.24) is 15.0 Å². The molecule has 2 aromatic carbocycles. The maximum absolute atomic E-state index is 13.5. The van der Waals surface area contributed by atoms with E-state index in [4.69, 9.17) is 9.66 Å². The molecule has 168 valence electrons. The Labute approximate surface area is 184 Å². The number of nitrogens with two attached hydrogens (primary N) is 1. The zero-order valence-electron chi connectivity index (χ0n) is 17.1. The molecule has 0 bridgehead atoms. The predicted molar refractivity (Wildman–Crippen MR) is 115 cm³/mol. The first kappa shape index (κ1) is 22.1. The fourth-order valence-electron chi connectivity index (χ4n) is 3.70. The molecule has 3 N–H and O–H groups in total. The average molecular weight is 460 g/mol. The monoisotopic (exact) mass is 459 g/mol. The van der Waals surface area contributed by atoms with Gasteiger partial charge in [0.1, 0.15) is 5.82 Å². The van der Waals surface area contributed by atoms with Crippen LogP contribution in [-0.2, 0) is 14.8 Å². The Hall–Kier alpha value is -3.15. The summed E-state index contributed by atoms with van der Waals surface area (Å²) in [6.07, 6.45) is 1.68. The van der Waals surface area contributed by atoms with E-state index in [2.05, 4.69) is 15.5 Å². The summed E-state index contributed by atoms with van der Waals surface area (Å²) in [7, 11) is -3.85. The first-order chi connectivity index (χ1) is 15.3. The van der Waals surface area contributed by atoms with Crippen LogP contribution < -0.4 is 10.5 Å². The summed E-state index contributed by atoms with van der Waals surface area (Å²) in [4.78, 5) is 18.8. The van der Waals surface area contributed by atoms with Crippen LogP contribution in [0.1, 0.15) is 24.7 Å². The largest absolute Gasteiger partial charge is 0.339 e. The average Bonchev–Trinajstić information content (AvgIpc) is 3.24. The molecule has 1 atom stereocenters. The van der Waals surface area contributed by atoms with Crippen molar-refractivity contribution in [1.29, 1.82) is 0 Å². The third kappa shape index (κ3) is 5.36. The molecule has 1 saturated heterocycles. The van der Waals surface area contributed by atoms with Gasteiger partial charge in [0.15, 0.2) is 0 Å². The summed E-state index contributed by atoms with van der Waals surface area (Å²) in [5, 5.41) is 11.8. The maximum Gasteiger partial charge on any atom is 0.238 e. The molecule has 0 radical (unpaired) electrons. The van der Waals surface area contributed by atoms with E-state index in [0.717, 1.165) is 19.4 Å².